The van der Waals surface area contributed by atoms with Crippen molar-refractivity contribution >= 4 is 35.0 Å². The SMILES string of the molecule is O=C(Nc1ccccc1-c1cn2c(n1)SCC2)c1c(F)cccc1Cl. The van der Waals surface area contributed by atoms with Crippen LogP contribution in [0.1, 0.15) is 10.4 Å². The number of nitrogens with zero attached hydrogens (tertiary/aromatic N) is 2. The van der Waals surface area contributed by atoms with Crippen molar-refractivity contribution in [1.29, 1.82) is 0 Å². The van der Waals surface area contributed by atoms with Crippen LogP contribution in [0.25, 0.3) is 11.3 Å². The number of aryl methyl sites for hydroxylation is 1. The lowest BCUT2D eigenvalue weighted by atomic mass is 10.1. The number of fused-ring (bicyclic) bond motifs is 1. The van der Waals surface area contributed by atoms with Crippen molar-refractivity contribution in [3.05, 3.63) is 65.1 Å². The minimum Gasteiger partial charge on any atom is -0.325 e. The van der Waals surface area contributed by atoms with Crippen molar-refractivity contribution in [3.63, 3.8) is 0 Å². The second kappa shape index (κ2) is 6.54. The minimum absolute atomic E-state index is 0.0762. The molecular weight excluding hydrogens is 361 g/mol. The third-order valence-electron chi connectivity index (χ3n) is 3.94. The molecule has 0 bridgehead atoms. The van der Waals surface area contributed by atoms with E-state index in [-0.39, 0.29) is 10.6 Å². The van der Waals surface area contributed by atoms with Crippen molar-refractivity contribution in [2.45, 2.75) is 11.7 Å². The van der Waals surface area contributed by atoms with Crippen LogP contribution in [0.15, 0.2) is 53.8 Å². The lowest BCUT2D eigenvalue weighted by molar-refractivity contribution is 0.102. The van der Waals surface area contributed by atoms with Gasteiger partial charge >= 0.3 is 0 Å². The molecule has 7 heteroatoms. The number of hydrogen-bond donors (Lipinski definition) is 1. The van der Waals surface area contributed by atoms with E-state index in [1.54, 1.807) is 23.9 Å². The summed E-state index contributed by atoms with van der Waals surface area (Å²) >= 11 is 7.68. The lowest BCUT2D eigenvalue weighted by Crippen LogP contribution is -2.15. The number of para-hydroxylation sites is 1. The first-order chi connectivity index (χ1) is 12.1. The molecule has 4 rings (SSSR count). The standard InChI is InChI=1S/C18H13ClFN3OS/c19-12-5-3-6-13(20)16(12)17(24)21-14-7-2-1-4-11(14)15-10-23-8-9-25-18(23)22-15/h1-7,10H,8-9H2,(H,21,24). The number of amides is 1. The van der Waals surface area contributed by atoms with Gasteiger partial charge in [0.2, 0.25) is 0 Å². The van der Waals surface area contributed by atoms with Gasteiger partial charge in [0.05, 0.1) is 22.0 Å². The van der Waals surface area contributed by atoms with E-state index in [0.29, 0.717) is 5.69 Å². The summed E-state index contributed by atoms with van der Waals surface area (Å²) < 4.78 is 16.1. The first kappa shape index (κ1) is 16.2. The molecule has 3 aromatic rings. The molecule has 1 N–H and O–H groups in total. The Kier molecular flexibility index (Phi) is 4.23. The monoisotopic (exact) mass is 373 g/mol. The molecule has 0 radical (unpaired) electrons. The average Bonchev–Trinajstić information content (AvgIpc) is 3.17. The number of aromatic nitrogens is 2. The number of benzene rings is 2. The van der Waals surface area contributed by atoms with Gasteiger partial charge in [0.15, 0.2) is 5.16 Å². The molecule has 0 atom stereocenters. The smallest absolute Gasteiger partial charge is 0.260 e. The summed E-state index contributed by atoms with van der Waals surface area (Å²) in [7, 11) is 0. The third-order valence-corrected chi connectivity index (χ3v) is 5.23. The Morgan fingerprint density at radius 3 is 2.88 bits per heavy atom. The van der Waals surface area contributed by atoms with Crippen LogP contribution in [0.2, 0.25) is 5.02 Å². The van der Waals surface area contributed by atoms with Gasteiger partial charge in [-0.2, -0.15) is 0 Å². The number of rotatable bonds is 3. The Balaban J connectivity index is 1.68. The molecular formula is C18H13ClFN3OS. The number of thioether (sulfide) groups is 1. The molecule has 0 spiro atoms. The van der Waals surface area contributed by atoms with E-state index < -0.39 is 11.7 Å². The van der Waals surface area contributed by atoms with Crippen LogP contribution in [0.5, 0.6) is 0 Å². The summed E-state index contributed by atoms with van der Waals surface area (Å²) in [6.45, 7) is 0.923. The summed E-state index contributed by atoms with van der Waals surface area (Å²) in [5.74, 6) is -0.219. The summed E-state index contributed by atoms with van der Waals surface area (Å²) in [5.41, 5.74) is 1.96. The van der Waals surface area contributed by atoms with Crippen LogP contribution in [0, 0.1) is 5.82 Å². The summed E-state index contributed by atoms with van der Waals surface area (Å²) in [5, 5.41) is 3.79. The van der Waals surface area contributed by atoms with Crippen LogP contribution < -0.4 is 5.32 Å². The Hall–Kier alpha value is -2.31. The molecule has 1 aromatic heterocycles. The van der Waals surface area contributed by atoms with Crippen molar-refractivity contribution in [2.24, 2.45) is 0 Å². The largest absolute Gasteiger partial charge is 0.325 e. The van der Waals surface area contributed by atoms with Gasteiger partial charge in [0.1, 0.15) is 5.82 Å². The molecule has 0 unspecified atom stereocenters. The highest BCUT2D eigenvalue weighted by molar-refractivity contribution is 7.99. The molecule has 0 aliphatic carbocycles. The quantitative estimate of drug-likeness (QED) is 0.723. The predicted molar refractivity (Wildman–Crippen MR) is 97.8 cm³/mol. The second-order valence-electron chi connectivity index (χ2n) is 5.55. The zero-order valence-electron chi connectivity index (χ0n) is 13.0. The van der Waals surface area contributed by atoms with Crippen LogP contribution >= 0.6 is 23.4 Å². The summed E-state index contributed by atoms with van der Waals surface area (Å²) in [6, 6.07) is 11.5. The second-order valence-corrected chi connectivity index (χ2v) is 7.02. The van der Waals surface area contributed by atoms with Gasteiger partial charge < -0.3 is 9.88 Å². The van der Waals surface area contributed by atoms with E-state index in [4.69, 9.17) is 11.6 Å². The molecule has 1 aliphatic heterocycles. The third kappa shape index (κ3) is 3.03. The highest BCUT2D eigenvalue weighted by Gasteiger charge is 2.20. The molecule has 0 saturated carbocycles. The number of anilines is 1. The van der Waals surface area contributed by atoms with Gasteiger partial charge in [-0.25, -0.2) is 9.37 Å². The fourth-order valence-corrected chi connectivity index (χ4v) is 3.95. The maximum absolute atomic E-state index is 14.0. The molecule has 2 aromatic carbocycles. The Bertz CT molecular complexity index is 931. The highest BCUT2D eigenvalue weighted by atomic mass is 35.5. The number of carbonyl (C=O) groups excluding carboxylic acids is 1. The minimum atomic E-state index is -0.653. The number of halogens is 2. The van der Waals surface area contributed by atoms with Crippen LogP contribution in [0.3, 0.4) is 0 Å². The normalized spacial score (nSPS) is 12.9. The van der Waals surface area contributed by atoms with Gasteiger partial charge in [0, 0.05) is 24.1 Å². The lowest BCUT2D eigenvalue weighted by Gasteiger charge is -2.11. The van der Waals surface area contributed by atoms with Crippen molar-refractivity contribution in [3.8, 4) is 11.3 Å². The van der Waals surface area contributed by atoms with Crippen molar-refractivity contribution < 1.29 is 9.18 Å². The van der Waals surface area contributed by atoms with E-state index in [9.17, 15) is 9.18 Å². The molecule has 0 fully saturated rings. The first-order valence-electron chi connectivity index (χ1n) is 7.68. The summed E-state index contributed by atoms with van der Waals surface area (Å²) in [4.78, 5) is 17.1. The highest BCUT2D eigenvalue weighted by Crippen LogP contribution is 2.33. The zero-order chi connectivity index (χ0) is 17.4. The van der Waals surface area contributed by atoms with Gasteiger partial charge in [0.25, 0.3) is 5.91 Å². The fourth-order valence-electron chi connectivity index (χ4n) is 2.75. The van der Waals surface area contributed by atoms with Gasteiger partial charge in [-0.1, -0.05) is 47.6 Å². The number of hydrogen-bond acceptors (Lipinski definition) is 3. The number of carbonyl (C=O) groups is 1. The Morgan fingerprint density at radius 2 is 2.08 bits per heavy atom. The Labute approximate surface area is 153 Å². The van der Waals surface area contributed by atoms with Crippen LogP contribution in [0.4, 0.5) is 10.1 Å². The first-order valence-corrected chi connectivity index (χ1v) is 9.04. The zero-order valence-corrected chi connectivity index (χ0v) is 14.6. The van der Waals surface area contributed by atoms with Gasteiger partial charge in [-0.3, -0.25) is 4.79 Å². The van der Waals surface area contributed by atoms with Gasteiger partial charge in [-0.05, 0) is 18.2 Å². The molecule has 25 heavy (non-hydrogen) atoms. The van der Waals surface area contributed by atoms with E-state index in [2.05, 4.69) is 14.9 Å². The van der Waals surface area contributed by atoms with E-state index in [1.165, 1.54) is 18.2 Å². The van der Waals surface area contributed by atoms with Crippen LogP contribution in [-0.2, 0) is 6.54 Å². The number of nitrogens with one attached hydrogen (secondary N) is 1. The fraction of sp³-hybridized carbons (Fsp3) is 0.111. The Morgan fingerprint density at radius 1 is 1.24 bits per heavy atom. The van der Waals surface area contributed by atoms with E-state index in [1.807, 2.05) is 18.3 Å². The molecule has 0 saturated heterocycles. The predicted octanol–water partition coefficient (Wildman–Crippen LogP) is 4.70. The maximum atomic E-state index is 14.0. The molecule has 2 heterocycles. The van der Waals surface area contributed by atoms with Crippen molar-refractivity contribution in [1.82, 2.24) is 9.55 Å². The molecule has 4 nitrogen and oxygen atoms in total. The molecule has 1 aliphatic rings. The van der Waals surface area contributed by atoms with Gasteiger partial charge in [-0.15, -0.1) is 0 Å². The van der Waals surface area contributed by atoms with E-state index >= 15 is 0 Å². The topological polar surface area (TPSA) is 46.9 Å². The molecule has 1 amide bonds. The van der Waals surface area contributed by atoms with E-state index in [0.717, 1.165) is 28.7 Å². The maximum Gasteiger partial charge on any atom is 0.260 e. The van der Waals surface area contributed by atoms with Crippen molar-refractivity contribution in [2.75, 3.05) is 11.1 Å². The van der Waals surface area contributed by atoms with Crippen LogP contribution in [-0.4, -0.2) is 21.2 Å². The number of imidazole rings is 1. The average molecular weight is 374 g/mol. The molecule has 126 valence electrons. The summed E-state index contributed by atoms with van der Waals surface area (Å²) in [6.07, 6.45) is 1.97.